The lowest BCUT2D eigenvalue weighted by Crippen LogP contribution is -2.34. The summed E-state index contributed by atoms with van der Waals surface area (Å²) >= 11 is 0. The van der Waals surface area contributed by atoms with E-state index in [1.165, 1.54) is 22.7 Å². The number of aromatic nitrogens is 1. The van der Waals surface area contributed by atoms with Crippen LogP contribution in [0.3, 0.4) is 0 Å². The van der Waals surface area contributed by atoms with Crippen molar-refractivity contribution >= 4 is 37.4 Å². The summed E-state index contributed by atoms with van der Waals surface area (Å²) in [6.45, 7) is 12.5. The first kappa shape index (κ1) is 32.5. The molecule has 0 amide bonds. The Morgan fingerprint density at radius 2 is 1.52 bits per heavy atom. The summed E-state index contributed by atoms with van der Waals surface area (Å²) in [5.74, 6) is 0. The third kappa shape index (κ3) is 6.69. The number of nitrogens with two attached hydrogens (primary N) is 1. The molecule has 2 N–H and O–H groups in total. The molecule has 0 aliphatic carbocycles. The second-order valence-corrected chi connectivity index (χ2v) is 11.3. The minimum atomic E-state index is -0.654. The lowest BCUT2D eigenvalue weighted by molar-refractivity contribution is 0.508. The highest BCUT2D eigenvalue weighted by Gasteiger charge is 2.37. The number of aliphatic imine (C=N–C) groups is 1. The van der Waals surface area contributed by atoms with E-state index in [-0.39, 0.29) is 0 Å². The van der Waals surface area contributed by atoms with Crippen molar-refractivity contribution < 1.29 is 0 Å². The molecule has 0 bridgehead atoms. The summed E-state index contributed by atoms with van der Waals surface area (Å²) in [6.07, 6.45) is 20.1. The molecule has 0 fully saturated rings. The van der Waals surface area contributed by atoms with Gasteiger partial charge in [-0.1, -0.05) is 123 Å². The van der Waals surface area contributed by atoms with E-state index in [1.54, 1.807) is 0 Å². The molecule has 0 saturated carbocycles. The van der Waals surface area contributed by atoms with Gasteiger partial charge in [0.25, 0.3) is 0 Å². The Bertz CT molecular complexity index is 1770. The molecule has 3 nitrogen and oxygen atoms in total. The van der Waals surface area contributed by atoms with Crippen LogP contribution in [0, 0.1) is 0 Å². The maximum Gasteiger partial charge on any atom is 0.0944 e. The summed E-state index contributed by atoms with van der Waals surface area (Å²) in [4.78, 5) is 4.67. The van der Waals surface area contributed by atoms with Gasteiger partial charge >= 0.3 is 0 Å². The Hall–Kier alpha value is -4.46. The minimum Gasteiger partial charge on any atom is -0.390 e. The molecule has 4 heteroatoms. The van der Waals surface area contributed by atoms with Crippen molar-refractivity contribution in [1.29, 1.82) is 0 Å². The SMILES string of the molecule is C=C/C=C(\C=C/C)C(/C=C(\P)C(C)(C(=C/CC)/C(=C\C)N=CN)n1c2ccccc2c2ccccc21)=C/Cc1ccccc1. The first-order valence-electron chi connectivity index (χ1n) is 15.2. The van der Waals surface area contributed by atoms with Crippen LogP contribution in [0.2, 0.25) is 0 Å². The van der Waals surface area contributed by atoms with Gasteiger partial charge in [0, 0.05) is 16.3 Å². The topological polar surface area (TPSA) is 43.3 Å². The summed E-state index contributed by atoms with van der Waals surface area (Å²) in [7, 11) is 3.10. The Balaban J connectivity index is 2.11. The fourth-order valence-corrected chi connectivity index (χ4v) is 6.37. The number of fused-ring (bicyclic) bond motifs is 3. The summed E-state index contributed by atoms with van der Waals surface area (Å²) < 4.78 is 2.47. The van der Waals surface area contributed by atoms with Crippen LogP contribution in [-0.2, 0) is 12.0 Å². The number of allylic oxidation sites excluding steroid dienone is 12. The quantitative estimate of drug-likeness (QED) is 0.0751. The van der Waals surface area contributed by atoms with E-state index < -0.39 is 5.54 Å². The van der Waals surface area contributed by atoms with Crippen LogP contribution in [0.5, 0.6) is 0 Å². The molecule has 44 heavy (non-hydrogen) atoms. The van der Waals surface area contributed by atoms with E-state index >= 15 is 0 Å². The molecule has 2 atom stereocenters. The second kappa shape index (κ2) is 15.3. The third-order valence-corrected chi connectivity index (χ3v) is 8.70. The standard InChI is InChI=1S/C40H44N3P/c1-6-17-31(18-7-2)32(27-26-30-20-11-10-12-21-30)28-39(44)40(5,35(19-8-3)36(9-4)42-29-41)43-37-24-15-13-22-33(37)34-23-14-16-25-38(34)43/h6-7,9-25,27-29H,1,8,26,44H2,2-5H3,(H2,41,42)/b18-7-,31-17+,32-27+,35-19+,36-9+,39-28-. The highest BCUT2D eigenvalue weighted by molar-refractivity contribution is 7.22. The van der Waals surface area contributed by atoms with E-state index in [4.69, 9.17) is 5.73 Å². The Kier molecular flexibility index (Phi) is 11.3. The molecule has 1 aromatic heterocycles. The van der Waals surface area contributed by atoms with E-state index in [2.05, 4.69) is 155 Å². The van der Waals surface area contributed by atoms with Crippen molar-refractivity contribution in [2.75, 3.05) is 0 Å². The highest BCUT2D eigenvalue weighted by atomic mass is 31.0. The molecule has 0 spiro atoms. The van der Waals surface area contributed by atoms with Gasteiger partial charge in [-0.05, 0) is 73.8 Å². The maximum atomic E-state index is 5.92. The Morgan fingerprint density at radius 3 is 2.07 bits per heavy atom. The highest BCUT2D eigenvalue weighted by Crippen LogP contribution is 2.47. The molecule has 0 saturated heterocycles. The summed E-state index contributed by atoms with van der Waals surface area (Å²) in [5, 5.41) is 3.52. The van der Waals surface area contributed by atoms with Crippen molar-refractivity contribution in [3.8, 4) is 0 Å². The maximum absolute atomic E-state index is 5.92. The van der Waals surface area contributed by atoms with Crippen LogP contribution in [0.25, 0.3) is 21.8 Å². The van der Waals surface area contributed by atoms with Gasteiger partial charge in [-0.15, -0.1) is 9.24 Å². The molecule has 1 heterocycles. The van der Waals surface area contributed by atoms with Crippen molar-refractivity contribution in [3.05, 3.63) is 167 Å². The zero-order chi connectivity index (χ0) is 31.5. The molecule has 4 rings (SSSR count). The van der Waals surface area contributed by atoms with Crippen molar-refractivity contribution in [3.63, 3.8) is 0 Å². The lowest BCUT2D eigenvalue weighted by Gasteiger charge is -2.38. The molecule has 3 aromatic carbocycles. The number of rotatable bonds is 12. The number of benzene rings is 3. The average molecular weight is 598 g/mol. The zero-order valence-electron chi connectivity index (χ0n) is 26.4. The van der Waals surface area contributed by atoms with Crippen molar-refractivity contribution in [1.82, 2.24) is 4.57 Å². The summed E-state index contributed by atoms with van der Waals surface area (Å²) in [5.41, 5.74) is 13.0. The van der Waals surface area contributed by atoms with E-state index in [0.717, 1.165) is 51.6 Å². The van der Waals surface area contributed by atoms with Gasteiger partial charge in [0.15, 0.2) is 0 Å². The van der Waals surface area contributed by atoms with E-state index in [9.17, 15) is 0 Å². The lowest BCUT2D eigenvalue weighted by atomic mass is 9.85. The molecular formula is C40H44N3P. The first-order chi connectivity index (χ1) is 21.4. The van der Waals surface area contributed by atoms with Crippen LogP contribution in [-0.4, -0.2) is 10.9 Å². The largest absolute Gasteiger partial charge is 0.390 e. The molecule has 0 aliphatic heterocycles. The monoisotopic (exact) mass is 597 g/mol. The number of hydrogen-bond acceptors (Lipinski definition) is 1. The smallest absolute Gasteiger partial charge is 0.0944 e. The predicted octanol–water partition coefficient (Wildman–Crippen LogP) is 10.4. The number of nitrogens with zero attached hydrogens (tertiary/aromatic N) is 2. The van der Waals surface area contributed by atoms with E-state index in [1.807, 2.05) is 26.0 Å². The molecular weight excluding hydrogens is 553 g/mol. The van der Waals surface area contributed by atoms with Gasteiger partial charge in [0.2, 0.25) is 0 Å². The van der Waals surface area contributed by atoms with Gasteiger partial charge in [0.1, 0.15) is 0 Å². The molecule has 0 aliphatic rings. The molecule has 224 valence electrons. The van der Waals surface area contributed by atoms with Crippen LogP contribution >= 0.6 is 9.24 Å². The van der Waals surface area contributed by atoms with E-state index in [0.29, 0.717) is 0 Å². The molecule has 2 unspecified atom stereocenters. The normalized spacial score (nSPS) is 15.5. The van der Waals surface area contributed by atoms with Crippen LogP contribution in [0.1, 0.15) is 39.7 Å². The fourth-order valence-electron chi connectivity index (χ4n) is 5.91. The molecule has 0 radical (unpaired) electrons. The van der Waals surface area contributed by atoms with Gasteiger partial charge in [-0.25, -0.2) is 4.99 Å². The van der Waals surface area contributed by atoms with Crippen LogP contribution in [0.4, 0.5) is 0 Å². The van der Waals surface area contributed by atoms with Gasteiger partial charge in [0.05, 0.1) is 28.6 Å². The molecule has 4 aromatic rings. The fraction of sp³-hybridized carbons (Fsp3) is 0.175. The van der Waals surface area contributed by atoms with Gasteiger partial charge in [-0.3, -0.25) is 0 Å². The van der Waals surface area contributed by atoms with Gasteiger partial charge < -0.3 is 10.3 Å². The van der Waals surface area contributed by atoms with Gasteiger partial charge in [-0.2, -0.15) is 0 Å². The van der Waals surface area contributed by atoms with Crippen molar-refractivity contribution in [2.45, 2.75) is 46.1 Å². The zero-order valence-corrected chi connectivity index (χ0v) is 27.5. The number of hydrogen-bond donors (Lipinski definition) is 1. The third-order valence-electron chi connectivity index (χ3n) is 7.97. The number of para-hydroxylation sites is 2. The van der Waals surface area contributed by atoms with Crippen molar-refractivity contribution in [2.24, 2.45) is 10.7 Å². The predicted molar refractivity (Wildman–Crippen MR) is 197 cm³/mol. The first-order valence-corrected chi connectivity index (χ1v) is 15.8. The summed E-state index contributed by atoms with van der Waals surface area (Å²) in [6, 6.07) is 27.9. The average Bonchev–Trinajstić information content (AvgIpc) is 3.39. The van der Waals surface area contributed by atoms with Crippen LogP contribution < -0.4 is 5.73 Å². The van der Waals surface area contributed by atoms with Crippen LogP contribution in [0.15, 0.2) is 167 Å². The minimum absolute atomic E-state index is 0.654. The Morgan fingerprint density at radius 1 is 0.909 bits per heavy atom. The second-order valence-electron chi connectivity index (χ2n) is 10.7. The Labute approximate surface area is 265 Å².